The first kappa shape index (κ1) is 13.1. The van der Waals surface area contributed by atoms with Gasteiger partial charge in [0.1, 0.15) is 16.4 Å². The van der Waals surface area contributed by atoms with Gasteiger partial charge in [0.25, 0.3) is 0 Å². The highest BCUT2D eigenvalue weighted by Gasteiger charge is 2.16. The molecule has 0 saturated heterocycles. The highest BCUT2D eigenvalue weighted by Crippen LogP contribution is 2.27. The van der Waals surface area contributed by atoms with Crippen LogP contribution in [0.3, 0.4) is 0 Å². The van der Waals surface area contributed by atoms with E-state index in [1.807, 2.05) is 0 Å². The van der Waals surface area contributed by atoms with Gasteiger partial charge in [0.2, 0.25) is 0 Å². The Labute approximate surface area is 113 Å². The highest BCUT2D eigenvalue weighted by atomic mass is 35.5. The summed E-state index contributed by atoms with van der Waals surface area (Å²) in [5.74, 6) is 0.00669. The summed E-state index contributed by atoms with van der Waals surface area (Å²) in [4.78, 5) is 12.6. The number of hydrogen-bond donors (Lipinski definition) is 0. The number of methoxy groups -OCH3 is 1. The van der Waals surface area contributed by atoms with Crippen molar-refractivity contribution in [1.82, 2.24) is 0 Å². The van der Waals surface area contributed by atoms with Crippen LogP contribution in [0.4, 0.5) is 4.39 Å². The summed E-state index contributed by atoms with van der Waals surface area (Å²) in [6, 6.07) is 5.72. The Morgan fingerprint density at radius 3 is 2.94 bits per heavy atom. The first-order valence-electron chi connectivity index (χ1n) is 5.20. The molecule has 1 aromatic carbocycles. The average Bonchev–Trinajstić information content (AvgIpc) is 2.82. The zero-order valence-electron chi connectivity index (χ0n) is 9.57. The molecule has 1 heterocycles. The number of benzene rings is 1. The van der Waals surface area contributed by atoms with Crippen molar-refractivity contribution in [3.8, 4) is 5.75 Å². The average molecular weight is 285 g/mol. The van der Waals surface area contributed by atoms with Gasteiger partial charge >= 0.3 is 0 Å². The van der Waals surface area contributed by atoms with E-state index < -0.39 is 5.82 Å². The van der Waals surface area contributed by atoms with E-state index >= 15 is 0 Å². The smallest absolute Gasteiger partial charge is 0.180 e. The van der Waals surface area contributed by atoms with Gasteiger partial charge in [-0.25, -0.2) is 4.39 Å². The molecule has 0 amide bonds. The molecule has 0 fully saturated rings. The molecular formula is C13H10ClFO2S. The van der Waals surface area contributed by atoms with Gasteiger partial charge in [-0.3, -0.25) is 4.79 Å². The molecule has 0 N–H and O–H groups in total. The minimum Gasteiger partial charge on any atom is -0.495 e. The molecule has 94 valence electrons. The Morgan fingerprint density at radius 2 is 2.22 bits per heavy atom. The molecule has 5 heteroatoms. The molecule has 2 rings (SSSR count). The summed E-state index contributed by atoms with van der Waals surface area (Å²) in [7, 11) is 1.51. The predicted molar refractivity (Wildman–Crippen MR) is 70.3 cm³/mol. The van der Waals surface area contributed by atoms with E-state index in [0.717, 1.165) is 0 Å². The summed E-state index contributed by atoms with van der Waals surface area (Å²) in [5, 5.41) is 2.17. The van der Waals surface area contributed by atoms with Gasteiger partial charge in [0, 0.05) is 11.4 Å². The van der Waals surface area contributed by atoms with Crippen molar-refractivity contribution in [3.05, 3.63) is 50.9 Å². The molecule has 0 aliphatic carbocycles. The second-order valence-electron chi connectivity index (χ2n) is 3.65. The van der Waals surface area contributed by atoms with E-state index in [2.05, 4.69) is 0 Å². The van der Waals surface area contributed by atoms with Crippen LogP contribution in [0.5, 0.6) is 5.75 Å². The summed E-state index contributed by atoms with van der Waals surface area (Å²) in [6.45, 7) is 0. The second-order valence-corrected chi connectivity index (χ2v) is 4.98. The molecule has 0 saturated carbocycles. The van der Waals surface area contributed by atoms with Crippen LogP contribution >= 0.6 is 22.9 Å². The van der Waals surface area contributed by atoms with Crippen molar-refractivity contribution in [2.75, 3.05) is 7.11 Å². The van der Waals surface area contributed by atoms with Gasteiger partial charge in [-0.2, -0.15) is 0 Å². The zero-order valence-corrected chi connectivity index (χ0v) is 11.1. The van der Waals surface area contributed by atoms with Crippen molar-refractivity contribution in [3.63, 3.8) is 0 Å². The first-order valence-corrected chi connectivity index (χ1v) is 6.46. The third kappa shape index (κ3) is 2.71. The Balaban J connectivity index is 2.24. The largest absolute Gasteiger partial charge is 0.495 e. The van der Waals surface area contributed by atoms with E-state index in [9.17, 15) is 9.18 Å². The lowest BCUT2D eigenvalue weighted by Crippen LogP contribution is -2.04. The standard InChI is InChI=1S/C13H10ClFO2S/c1-17-12-4-5-18-13(12)11(16)7-8-6-9(15)2-3-10(8)14/h2-6H,7H2,1H3. The Bertz CT molecular complexity index is 580. The lowest BCUT2D eigenvalue weighted by molar-refractivity contribution is 0.0994. The fraction of sp³-hybridized carbons (Fsp3) is 0.154. The van der Waals surface area contributed by atoms with Crippen LogP contribution in [-0.2, 0) is 6.42 Å². The van der Waals surface area contributed by atoms with Crippen LogP contribution in [0.25, 0.3) is 0 Å². The molecule has 0 atom stereocenters. The number of rotatable bonds is 4. The Kier molecular flexibility index (Phi) is 3.99. The minimum atomic E-state index is -0.402. The molecule has 18 heavy (non-hydrogen) atoms. The van der Waals surface area contributed by atoms with Crippen LogP contribution < -0.4 is 4.74 Å². The van der Waals surface area contributed by atoms with Crippen LogP contribution in [0.1, 0.15) is 15.2 Å². The van der Waals surface area contributed by atoms with Crippen molar-refractivity contribution in [1.29, 1.82) is 0 Å². The van der Waals surface area contributed by atoms with Gasteiger partial charge < -0.3 is 4.74 Å². The molecule has 0 aliphatic heterocycles. The maximum absolute atomic E-state index is 13.1. The number of carbonyl (C=O) groups excluding carboxylic acids is 1. The third-order valence-electron chi connectivity index (χ3n) is 2.46. The SMILES string of the molecule is COc1ccsc1C(=O)Cc1cc(F)ccc1Cl. The second kappa shape index (κ2) is 5.50. The number of carbonyl (C=O) groups is 1. The van der Waals surface area contributed by atoms with Crippen molar-refractivity contribution >= 4 is 28.7 Å². The lowest BCUT2D eigenvalue weighted by atomic mass is 10.1. The van der Waals surface area contributed by atoms with E-state index in [-0.39, 0.29) is 12.2 Å². The summed E-state index contributed by atoms with van der Waals surface area (Å²) in [6.07, 6.45) is 0.0630. The molecule has 2 nitrogen and oxygen atoms in total. The number of ketones is 1. The van der Waals surface area contributed by atoms with Crippen molar-refractivity contribution in [2.24, 2.45) is 0 Å². The molecule has 0 aliphatic rings. The van der Waals surface area contributed by atoms with E-state index in [1.54, 1.807) is 11.4 Å². The number of halogens is 2. The predicted octanol–water partition coefficient (Wildman–Crippen LogP) is 3.97. The van der Waals surface area contributed by atoms with Crippen LogP contribution in [0.15, 0.2) is 29.6 Å². The molecule has 0 spiro atoms. The lowest BCUT2D eigenvalue weighted by Gasteiger charge is -2.04. The number of hydrogen-bond acceptors (Lipinski definition) is 3. The maximum atomic E-state index is 13.1. The molecule has 0 unspecified atom stereocenters. The fourth-order valence-electron chi connectivity index (χ4n) is 1.59. The highest BCUT2D eigenvalue weighted by molar-refractivity contribution is 7.12. The molecule has 1 aromatic heterocycles. The number of thiophene rings is 1. The van der Waals surface area contributed by atoms with Crippen LogP contribution in [-0.4, -0.2) is 12.9 Å². The molecule has 2 aromatic rings. The van der Waals surface area contributed by atoms with Gasteiger partial charge in [0.05, 0.1) is 7.11 Å². The molecular weight excluding hydrogens is 275 g/mol. The van der Waals surface area contributed by atoms with Gasteiger partial charge in [0.15, 0.2) is 5.78 Å². The molecule has 0 radical (unpaired) electrons. The zero-order chi connectivity index (χ0) is 13.1. The van der Waals surface area contributed by atoms with E-state index in [1.165, 1.54) is 36.6 Å². The Morgan fingerprint density at radius 1 is 1.44 bits per heavy atom. The summed E-state index contributed by atoms with van der Waals surface area (Å²) < 4.78 is 18.2. The summed E-state index contributed by atoms with van der Waals surface area (Å²) >= 11 is 7.23. The van der Waals surface area contributed by atoms with Gasteiger partial charge in [-0.15, -0.1) is 11.3 Å². The first-order chi connectivity index (χ1) is 8.61. The van der Waals surface area contributed by atoms with E-state index in [4.69, 9.17) is 16.3 Å². The third-order valence-corrected chi connectivity index (χ3v) is 3.77. The van der Waals surface area contributed by atoms with Crippen molar-refractivity contribution in [2.45, 2.75) is 6.42 Å². The minimum absolute atomic E-state index is 0.0630. The van der Waals surface area contributed by atoms with Gasteiger partial charge in [-0.1, -0.05) is 11.6 Å². The fourth-order valence-corrected chi connectivity index (χ4v) is 2.58. The van der Waals surface area contributed by atoms with Crippen LogP contribution in [0, 0.1) is 5.82 Å². The normalized spacial score (nSPS) is 10.4. The number of Topliss-reactive ketones (excluding diaryl/α,β-unsaturated/α-hetero) is 1. The van der Waals surface area contributed by atoms with Crippen LogP contribution in [0.2, 0.25) is 5.02 Å². The monoisotopic (exact) mass is 284 g/mol. The Hall–Kier alpha value is -1.39. The van der Waals surface area contributed by atoms with Crippen molar-refractivity contribution < 1.29 is 13.9 Å². The quantitative estimate of drug-likeness (QED) is 0.794. The van der Waals surface area contributed by atoms with E-state index in [0.29, 0.717) is 21.2 Å². The number of ether oxygens (including phenoxy) is 1. The molecule has 0 bridgehead atoms. The van der Waals surface area contributed by atoms with Gasteiger partial charge in [-0.05, 0) is 35.2 Å². The summed E-state index contributed by atoms with van der Waals surface area (Å²) in [5.41, 5.74) is 0.483. The maximum Gasteiger partial charge on any atom is 0.180 e. The topological polar surface area (TPSA) is 26.3 Å².